The maximum atomic E-state index is 6.01. The SMILES string of the molecule is c1ccc2sc(Nc3ccc(Oc4nccnc4C4CCOC4)cc3)nc2c1. The monoisotopic (exact) mass is 390 g/mol. The Balaban J connectivity index is 1.32. The summed E-state index contributed by atoms with van der Waals surface area (Å²) < 4.78 is 12.6. The molecule has 1 atom stereocenters. The second-order valence-corrected chi connectivity index (χ2v) is 7.58. The third-order valence-electron chi connectivity index (χ3n) is 4.62. The van der Waals surface area contributed by atoms with Crippen molar-refractivity contribution in [3.8, 4) is 11.6 Å². The Bertz CT molecular complexity index is 1060. The van der Waals surface area contributed by atoms with E-state index in [1.807, 2.05) is 42.5 Å². The maximum absolute atomic E-state index is 6.01. The Morgan fingerprint density at radius 1 is 1.04 bits per heavy atom. The van der Waals surface area contributed by atoms with Gasteiger partial charge in [-0.1, -0.05) is 23.5 Å². The van der Waals surface area contributed by atoms with Gasteiger partial charge in [-0.15, -0.1) is 0 Å². The first-order valence-electron chi connectivity index (χ1n) is 9.14. The van der Waals surface area contributed by atoms with Crippen molar-refractivity contribution in [3.63, 3.8) is 0 Å². The summed E-state index contributed by atoms with van der Waals surface area (Å²) in [6, 6.07) is 15.9. The van der Waals surface area contributed by atoms with E-state index in [0.29, 0.717) is 12.5 Å². The number of aromatic nitrogens is 3. The fourth-order valence-electron chi connectivity index (χ4n) is 3.21. The maximum Gasteiger partial charge on any atom is 0.241 e. The van der Waals surface area contributed by atoms with Crippen LogP contribution < -0.4 is 10.1 Å². The number of hydrogen-bond donors (Lipinski definition) is 1. The normalized spacial score (nSPS) is 16.4. The van der Waals surface area contributed by atoms with Crippen LogP contribution in [0.15, 0.2) is 60.9 Å². The van der Waals surface area contributed by atoms with Crippen LogP contribution in [-0.4, -0.2) is 28.2 Å². The van der Waals surface area contributed by atoms with E-state index < -0.39 is 0 Å². The molecule has 6 nitrogen and oxygen atoms in total. The highest BCUT2D eigenvalue weighted by Crippen LogP contribution is 2.33. The van der Waals surface area contributed by atoms with Crippen LogP contribution in [0.25, 0.3) is 10.2 Å². The van der Waals surface area contributed by atoms with E-state index in [1.165, 1.54) is 0 Å². The summed E-state index contributed by atoms with van der Waals surface area (Å²) in [5.41, 5.74) is 2.81. The fraction of sp³-hybridized carbons (Fsp3) is 0.190. The Morgan fingerprint density at radius 2 is 1.89 bits per heavy atom. The van der Waals surface area contributed by atoms with Crippen molar-refractivity contribution in [2.24, 2.45) is 0 Å². The Morgan fingerprint density at radius 3 is 2.71 bits per heavy atom. The van der Waals surface area contributed by atoms with Crippen molar-refractivity contribution < 1.29 is 9.47 Å². The van der Waals surface area contributed by atoms with E-state index in [4.69, 9.17) is 9.47 Å². The number of ether oxygens (including phenoxy) is 2. The molecule has 7 heteroatoms. The van der Waals surface area contributed by atoms with E-state index in [0.717, 1.165) is 45.5 Å². The zero-order valence-electron chi connectivity index (χ0n) is 15.0. The highest BCUT2D eigenvalue weighted by Gasteiger charge is 2.23. The lowest BCUT2D eigenvalue weighted by Gasteiger charge is -2.12. The van der Waals surface area contributed by atoms with Gasteiger partial charge < -0.3 is 14.8 Å². The van der Waals surface area contributed by atoms with Gasteiger partial charge in [-0.3, -0.25) is 4.98 Å². The number of nitrogens with one attached hydrogen (secondary N) is 1. The smallest absolute Gasteiger partial charge is 0.241 e. The van der Waals surface area contributed by atoms with E-state index >= 15 is 0 Å². The van der Waals surface area contributed by atoms with Crippen molar-refractivity contribution in [1.82, 2.24) is 15.0 Å². The average Bonchev–Trinajstić information content (AvgIpc) is 3.39. The molecule has 1 aliphatic rings. The summed E-state index contributed by atoms with van der Waals surface area (Å²) in [6.45, 7) is 1.42. The van der Waals surface area contributed by atoms with E-state index in [-0.39, 0.29) is 5.92 Å². The number of rotatable bonds is 5. The van der Waals surface area contributed by atoms with Gasteiger partial charge in [0.2, 0.25) is 5.88 Å². The highest BCUT2D eigenvalue weighted by molar-refractivity contribution is 7.22. The van der Waals surface area contributed by atoms with Gasteiger partial charge in [0.25, 0.3) is 0 Å². The Labute approximate surface area is 166 Å². The van der Waals surface area contributed by atoms with Gasteiger partial charge in [-0.2, -0.15) is 0 Å². The summed E-state index contributed by atoms with van der Waals surface area (Å²) in [6.07, 6.45) is 4.29. The minimum Gasteiger partial charge on any atom is -0.437 e. The molecule has 1 aliphatic heterocycles. The summed E-state index contributed by atoms with van der Waals surface area (Å²) in [4.78, 5) is 13.4. The summed E-state index contributed by atoms with van der Waals surface area (Å²) in [5, 5.41) is 4.22. The molecule has 140 valence electrons. The fourth-order valence-corrected chi connectivity index (χ4v) is 4.10. The van der Waals surface area contributed by atoms with Crippen molar-refractivity contribution in [3.05, 3.63) is 66.6 Å². The Hall–Kier alpha value is -3.03. The number of nitrogens with zero attached hydrogens (tertiary/aromatic N) is 3. The number of anilines is 2. The van der Waals surface area contributed by atoms with Crippen molar-refractivity contribution in [2.45, 2.75) is 12.3 Å². The predicted octanol–water partition coefficient (Wildman–Crippen LogP) is 5.13. The van der Waals surface area contributed by atoms with Crippen LogP contribution in [0.4, 0.5) is 10.8 Å². The summed E-state index contributed by atoms with van der Waals surface area (Å²) >= 11 is 1.63. The van der Waals surface area contributed by atoms with Crippen LogP contribution in [0.3, 0.4) is 0 Å². The number of fused-ring (bicyclic) bond motifs is 1. The number of hydrogen-bond acceptors (Lipinski definition) is 7. The minimum atomic E-state index is 0.240. The quantitative estimate of drug-likeness (QED) is 0.510. The lowest BCUT2D eigenvalue weighted by atomic mass is 10.1. The van der Waals surface area contributed by atoms with E-state index in [9.17, 15) is 0 Å². The largest absolute Gasteiger partial charge is 0.437 e. The molecule has 1 saturated heterocycles. The molecule has 0 amide bonds. The molecule has 0 saturated carbocycles. The van der Waals surface area contributed by atoms with E-state index in [2.05, 4.69) is 26.3 Å². The topological polar surface area (TPSA) is 69.2 Å². The van der Waals surface area contributed by atoms with Gasteiger partial charge in [-0.25, -0.2) is 9.97 Å². The molecular weight excluding hydrogens is 372 g/mol. The predicted molar refractivity (Wildman–Crippen MR) is 110 cm³/mol. The molecule has 5 rings (SSSR count). The second-order valence-electron chi connectivity index (χ2n) is 6.55. The number of para-hydroxylation sites is 1. The lowest BCUT2D eigenvalue weighted by Crippen LogP contribution is -2.04. The summed E-state index contributed by atoms with van der Waals surface area (Å²) in [5.74, 6) is 1.50. The van der Waals surface area contributed by atoms with Gasteiger partial charge in [0.1, 0.15) is 11.4 Å². The minimum absolute atomic E-state index is 0.240. The zero-order valence-corrected chi connectivity index (χ0v) is 15.9. The average molecular weight is 390 g/mol. The molecule has 0 bridgehead atoms. The molecule has 1 N–H and O–H groups in total. The number of benzene rings is 2. The first kappa shape index (κ1) is 17.1. The van der Waals surface area contributed by atoms with Crippen molar-refractivity contribution in [1.29, 1.82) is 0 Å². The van der Waals surface area contributed by atoms with Gasteiger partial charge in [0, 0.05) is 30.6 Å². The van der Waals surface area contributed by atoms with Crippen molar-refractivity contribution in [2.75, 3.05) is 18.5 Å². The molecule has 0 radical (unpaired) electrons. The standard InChI is InChI=1S/C21H18N4O2S/c1-2-4-18-17(3-1)25-21(28-18)24-15-5-7-16(8-6-15)27-20-19(22-10-11-23-20)14-9-12-26-13-14/h1-8,10-11,14H,9,12-13H2,(H,24,25). The second kappa shape index (κ2) is 7.53. The first-order chi connectivity index (χ1) is 13.8. The van der Waals surface area contributed by atoms with E-state index in [1.54, 1.807) is 23.7 Å². The molecule has 0 aliphatic carbocycles. The first-order valence-corrected chi connectivity index (χ1v) is 9.96. The van der Waals surface area contributed by atoms with Gasteiger partial charge in [0.05, 0.1) is 16.8 Å². The molecule has 2 aromatic heterocycles. The van der Waals surface area contributed by atoms with Gasteiger partial charge in [0.15, 0.2) is 5.13 Å². The summed E-state index contributed by atoms with van der Waals surface area (Å²) in [7, 11) is 0. The van der Waals surface area contributed by atoms with Crippen LogP contribution in [0.5, 0.6) is 11.6 Å². The molecule has 4 aromatic rings. The molecule has 28 heavy (non-hydrogen) atoms. The third kappa shape index (κ3) is 3.54. The highest BCUT2D eigenvalue weighted by atomic mass is 32.1. The van der Waals surface area contributed by atoms with Crippen LogP contribution in [-0.2, 0) is 4.74 Å². The van der Waals surface area contributed by atoms with Crippen LogP contribution in [0, 0.1) is 0 Å². The third-order valence-corrected chi connectivity index (χ3v) is 5.57. The van der Waals surface area contributed by atoms with Gasteiger partial charge >= 0.3 is 0 Å². The van der Waals surface area contributed by atoms with Crippen molar-refractivity contribution >= 4 is 32.4 Å². The molecular formula is C21H18N4O2S. The molecule has 1 unspecified atom stereocenters. The number of thiazole rings is 1. The van der Waals surface area contributed by atoms with Crippen LogP contribution >= 0.6 is 11.3 Å². The van der Waals surface area contributed by atoms with Crippen LogP contribution in [0.1, 0.15) is 18.0 Å². The molecule has 0 spiro atoms. The molecule has 3 heterocycles. The molecule has 2 aromatic carbocycles. The lowest BCUT2D eigenvalue weighted by molar-refractivity contribution is 0.193. The van der Waals surface area contributed by atoms with Gasteiger partial charge in [-0.05, 0) is 42.8 Å². The zero-order chi connectivity index (χ0) is 18.8. The van der Waals surface area contributed by atoms with Crippen LogP contribution in [0.2, 0.25) is 0 Å². The Kier molecular flexibility index (Phi) is 4.60. The molecule has 1 fully saturated rings.